The van der Waals surface area contributed by atoms with E-state index in [1.165, 1.54) is 0 Å². The summed E-state index contributed by atoms with van der Waals surface area (Å²) in [6.07, 6.45) is -0.784. The highest BCUT2D eigenvalue weighted by Gasteiger charge is 2.26. The molecule has 0 spiro atoms. The fourth-order valence-corrected chi connectivity index (χ4v) is 3.84. The topological polar surface area (TPSA) is 85.4 Å². The molecule has 1 heterocycles. The highest BCUT2D eigenvalue weighted by Crippen LogP contribution is 2.32. The van der Waals surface area contributed by atoms with Crippen molar-refractivity contribution in [3.63, 3.8) is 0 Å². The maximum absolute atomic E-state index is 12.8. The van der Waals surface area contributed by atoms with E-state index in [4.69, 9.17) is 14.2 Å². The molecule has 1 aliphatic rings. The van der Waals surface area contributed by atoms with E-state index in [0.717, 1.165) is 16.9 Å². The predicted octanol–water partition coefficient (Wildman–Crippen LogP) is 4.19. The Bertz CT molecular complexity index is 1050. The van der Waals surface area contributed by atoms with E-state index < -0.39 is 6.16 Å². The third kappa shape index (κ3) is 6.97. The van der Waals surface area contributed by atoms with Crippen LogP contribution < -0.4 is 9.47 Å². The molecule has 0 unspecified atom stereocenters. The van der Waals surface area contributed by atoms with Crippen molar-refractivity contribution in [2.45, 2.75) is 40.0 Å². The smallest absolute Gasteiger partial charge is 0.483 e. The van der Waals surface area contributed by atoms with Crippen molar-refractivity contribution < 1.29 is 28.6 Å². The van der Waals surface area contributed by atoms with Gasteiger partial charge in [-0.1, -0.05) is 38.5 Å². The predicted molar refractivity (Wildman–Crippen MR) is 132 cm³/mol. The van der Waals surface area contributed by atoms with Gasteiger partial charge in [-0.3, -0.25) is 9.59 Å². The second kappa shape index (κ2) is 11.3. The van der Waals surface area contributed by atoms with Crippen LogP contribution in [0.3, 0.4) is 0 Å². The van der Waals surface area contributed by atoms with Gasteiger partial charge in [-0.2, -0.15) is 0 Å². The molecule has 35 heavy (non-hydrogen) atoms. The fourth-order valence-electron chi connectivity index (χ4n) is 3.84. The normalized spacial score (nSPS) is 13.9. The lowest BCUT2D eigenvalue weighted by atomic mass is 9.85. The van der Waals surface area contributed by atoms with Gasteiger partial charge in [-0.15, -0.1) is 0 Å². The first-order valence-electron chi connectivity index (χ1n) is 11.8. The summed E-state index contributed by atoms with van der Waals surface area (Å²) in [6.45, 7) is 12.0. The Balaban J connectivity index is 1.51. The standard InChI is InChI=1S/C27H34N2O6/c1-6-33-26(32)35-21-10-8-20(9-11-21)25(31)29-15-13-28(14-16-29)24(30)18-34-23-12-7-19(2)17-22(23)27(3,4)5/h7-12,17H,6,13-16,18H2,1-5H3. The van der Waals surface area contributed by atoms with Gasteiger partial charge < -0.3 is 24.0 Å². The number of hydrogen-bond donors (Lipinski definition) is 0. The third-order valence-electron chi connectivity index (χ3n) is 5.78. The number of ether oxygens (including phenoxy) is 3. The highest BCUT2D eigenvalue weighted by atomic mass is 16.7. The highest BCUT2D eigenvalue weighted by molar-refractivity contribution is 5.94. The number of benzene rings is 2. The Morgan fingerprint density at radius 1 is 0.914 bits per heavy atom. The molecule has 2 aromatic rings. The van der Waals surface area contributed by atoms with Crippen LogP contribution in [0.5, 0.6) is 11.5 Å². The van der Waals surface area contributed by atoms with Gasteiger partial charge in [-0.25, -0.2) is 4.79 Å². The second-order valence-corrected chi connectivity index (χ2v) is 9.52. The molecule has 0 bridgehead atoms. The van der Waals surface area contributed by atoms with Crippen LogP contribution in [0.2, 0.25) is 0 Å². The quantitative estimate of drug-likeness (QED) is 0.453. The summed E-state index contributed by atoms with van der Waals surface area (Å²) in [5.41, 5.74) is 2.60. The van der Waals surface area contributed by atoms with Gasteiger partial charge in [0.15, 0.2) is 6.61 Å². The van der Waals surface area contributed by atoms with Crippen LogP contribution in [0.15, 0.2) is 42.5 Å². The van der Waals surface area contributed by atoms with E-state index in [0.29, 0.717) is 37.5 Å². The number of rotatable bonds is 6. The molecular weight excluding hydrogens is 448 g/mol. The Morgan fingerprint density at radius 3 is 2.14 bits per heavy atom. The molecule has 1 aliphatic heterocycles. The zero-order valence-corrected chi connectivity index (χ0v) is 21.1. The summed E-state index contributed by atoms with van der Waals surface area (Å²) in [6, 6.07) is 12.3. The lowest BCUT2D eigenvalue weighted by Crippen LogP contribution is -2.51. The lowest BCUT2D eigenvalue weighted by Gasteiger charge is -2.35. The first kappa shape index (κ1) is 26.1. The summed E-state index contributed by atoms with van der Waals surface area (Å²) < 4.78 is 15.7. The van der Waals surface area contributed by atoms with Crippen molar-refractivity contribution in [3.8, 4) is 11.5 Å². The second-order valence-electron chi connectivity index (χ2n) is 9.52. The minimum absolute atomic E-state index is 0.0397. The van der Waals surface area contributed by atoms with E-state index in [-0.39, 0.29) is 30.4 Å². The first-order valence-corrected chi connectivity index (χ1v) is 11.8. The third-order valence-corrected chi connectivity index (χ3v) is 5.78. The van der Waals surface area contributed by atoms with Gasteiger partial charge in [0.25, 0.3) is 11.8 Å². The Kier molecular flexibility index (Phi) is 8.38. The van der Waals surface area contributed by atoms with Crippen LogP contribution in [0, 0.1) is 6.92 Å². The molecule has 3 rings (SSSR count). The van der Waals surface area contributed by atoms with Gasteiger partial charge in [0.1, 0.15) is 11.5 Å². The van der Waals surface area contributed by atoms with Crippen LogP contribution in [-0.2, 0) is 14.9 Å². The van der Waals surface area contributed by atoms with Crippen molar-refractivity contribution in [3.05, 3.63) is 59.2 Å². The van der Waals surface area contributed by atoms with E-state index in [1.807, 2.05) is 19.1 Å². The molecule has 2 amide bonds. The van der Waals surface area contributed by atoms with Gasteiger partial charge >= 0.3 is 6.16 Å². The molecule has 0 saturated carbocycles. The van der Waals surface area contributed by atoms with Crippen molar-refractivity contribution in [2.24, 2.45) is 0 Å². The molecule has 0 aromatic heterocycles. The first-order chi connectivity index (χ1) is 16.6. The van der Waals surface area contributed by atoms with Crippen LogP contribution in [0.4, 0.5) is 4.79 Å². The number of carbonyl (C=O) groups is 3. The van der Waals surface area contributed by atoms with Crippen molar-refractivity contribution >= 4 is 18.0 Å². The molecule has 8 heteroatoms. The molecule has 1 fully saturated rings. The lowest BCUT2D eigenvalue weighted by molar-refractivity contribution is -0.134. The Hall–Kier alpha value is -3.55. The zero-order valence-electron chi connectivity index (χ0n) is 21.1. The van der Waals surface area contributed by atoms with Gasteiger partial charge in [-0.05, 0) is 55.2 Å². The number of piperazine rings is 1. The Morgan fingerprint density at radius 2 is 1.54 bits per heavy atom. The molecule has 8 nitrogen and oxygen atoms in total. The molecule has 2 aromatic carbocycles. The monoisotopic (exact) mass is 482 g/mol. The number of nitrogens with zero attached hydrogens (tertiary/aromatic N) is 2. The van der Waals surface area contributed by atoms with Crippen LogP contribution >= 0.6 is 0 Å². The summed E-state index contributed by atoms with van der Waals surface area (Å²) in [5, 5.41) is 0. The van der Waals surface area contributed by atoms with E-state index in [9.17, 15) is 14.4 Å². The minimum atomic E-state index is -0.784. The molecule has 0 N–H and O–H groups in total. The van der Waals surface area contributed by atoms with Crippen molar-refractivity contribution in [1.29, 1.82) is 0 Å². The zero-order chi connectivity index (χ0) is 25.6. The van der Waals surface area contributed by atoms with Crippen LogP contribution in [0.1, 0.15) is 49.2 Å². The van der Waals surface area contributed by atoms with E-state index in [2.05, 4.69) is 26.8 Å². The maximum atomic E-state index is 12.8. The Labute approximate surface area is 206 Å². The van der Waals surface area contributed by atoms with Crippen molar-refractivity contribution in [1.82, 2.24) is 9.80 Å². The molecule has 0 aliphatic carbocycles. The molecule has 0 atom stereocenters. The molecule has 1 saturated heterocycles. The molecule has 0 radical (unpaired) electrons. The number of amides is 2. The van der Waals surface area contributed by atoms with Gasteiger partial charge in [0, 0.05) is 31.7 Å². The van der Waals surface area contributed by atoms with Gasteiger partial charge in [0.05, 0.1) is 6.61 Å². The van der Waals surface area contributed by atoms with Gasteiger partial charge in [0.2, 0.25) is 0 Å². The summed E-state index contributed by atoms with van der Waals surface area (Å²) in [7, 11) is 0. The number of hydrogen-bond acceptors (Lipinski definition) is 6. The van der Waals surface area contributed by atoms with E-state index >= 15 is 0 Å². The SMILES string of the molecule is CCOC(=O)Oc1ccc(C(=O)N2CCN(C(=O)COc3ccc(C)cc3C(C)(C)C)CC2)cc1. The maximum Gasteiger partial charge on any atom is 0.513 e. The number of carbonyl (C=O) groups excluding carboxylic acids is 3. The van der Waals surface area contributed by atoms with Crippen molar-refractivity contribution in [2.75, 3.05) is 39.4 Å². The summed E-state index contributed by atoms with van der Waals surface area (Å²) in [4.78, 5) is 40.5. The average Bonchev–Trinajstić information content (AvgIpc) is 2.83. The summed E-state index contributed by atoms with van der Waals surface area (Å²) >= 11 is 0. The number of aryl methyl sites for hydroxylation is 1. The molecule has 188 valence electrons. The molecular formula is C27H34N2O6. The fraction of sp³-hybridized carbons (Fsp3) is 0.444. The largest absolute Gasteiger partial charge is 0.513 e. The summed E-state index contributed by atoms with van der Waals surface area (Å²) in [5.74, 6) is 0.794. The average molecular weight is 483 g/mol. The minimum Gasteiger partial charge on any atom is -0.483 e. The van der Waals surface area contributed by atoms with Crippen LogP contribution in [0.25, 0.3) is 0 Å². The van der Waals surface area contributed by atoms with E-state index in [1.54, 1.807) is 41.0 Å². The van der Waals surface area contributed by atoms with Crippen LogP contribution in [-0.4, -0.2) is 67.2 Å².